The molecule has 0 saturated heterocycles. The number of benzene rings is 2. The number of nitrogens with zero attached hydrogens (tertiary/aromatic N) is 1. The van der Waals surface area contributed by atoms with Crippen LogP contribution in [0.2, 0.25) is 0 Å². The van der Waals surface area contributed by atoms with E-state index < -0.39 is 23.1 Å². The molecule has 4 unspecified atom stereocenters. The highest BCUT2D eigenvalue weighted by atomic mass is 32.2. The number of rotatable bonds is 9. The van der Waals surface area contributed by atoms with Crippen LogP contribution in [0.25, 0.3) is 0 Å². The number of fused-ring (bicyclic) bond motifs is 1. The van der Waals surface area contributed by atoms with Crippen LogP contribution in [-0.2, 0) is 27.2 Å². The molecule has 0 fully saturated rings. The van der Waals surface area contributed by atoms with E-state index in [4.69, 9.17) is 0 Å². The minimum atomic E-state index is -0.970. The van der Waals surface area contributed by atoms with Crippen molar-refractivity contribution in [3.8, 4) is 6.07 Å². The van der Waals surface area contributed by atoms with E-state index in [-0.39, 0.29) is 11.8 Å². The molecule has 4 atom stereocenters. The minimum absolute atomic E-state index is 0.162. The molecule has 2 aromatic carbocycles. The van der Waals surface area contributed by atoms with E-state index >= 15 is 0 Å². The van der Waals surface area contributed by atoms with Crippen molar-refractivity contribution in [3.05, 3.63) is 88.3 Å². The van der Waals surface area contributed by atoms with Crippen molar-refractivity contribution < 1.29 is 19.5 Å². The van der Waals surface area contributed by atoms with Crippen LogP contribution < -0.4 is 10.6 Å². The monoisotopic (exact) mass is 599 g/mol. The summed E-state index contributed by atoms with van der Waals surface area (Å²) < 4.78 is 0. The van der Waals surface area contributed by atoms with E-state index in [1.54, 1.807) is 12.1 Å². The zero-order chi connectivity index (χ0) is 29.6. The Morgan fingerprint density at radius 3 is 2.55 bits per heavy atom. The normalized spacial score (nSPS) is 20.1. The van der Waals surface area contributed by atoms with Crippen LogP contribution in [0, 0.1) is 23.2 Å². The van der Waals surface area contributed by atoms with Gasteiger partial charge in [0.1, 0.15) is 11.1 Å². The summed E-state index contributed by atoms with van der Waals surface area (Å²) in [7, 11) is 0. The lowest BCUT2D eigenvalue weighted by atomic mass is 9.82. The number of carbonyl (C=O) groups excluding carboxylic acids is 2. The average Bonchev–Trinajstić information content (AvgIpc) is 3.36. The largest absolute Gasteiger partial charge is 0.481 e. The molecule has 42 heavy (non-hydrogen) atoms. The van der Waals surface area contributed by atoms with Gasteiger partial charge in [-0.3, -0.25) is 14.4 Å². The fraction of sp³-hybridized carbons (Fsp3) is 0.333. The molecule has 0 bridgehead atoms. The molecule has 216 valence electrons. The summed E-state index contributed by atoms with van der Waals surface area (Å²) in [5, 5.41) is 25.6. The maximum atomic E-state index is 13.4. The van der Waals surface area contributed by atoms with Crippen molar-refractivity contribution >= 4 is 51.6 Å². The molecule has 3 N–H and O–H groups in total. The number of anilines is 2. The van der Waals surface area contributed by atoms with E-state index in [9.17, 15) is 24.8 Å². The van der Waals surface area contributed by atoms with Gasteiger partial charge in [0.2, 0.25) is 11.8 Å². The second-order valence-electron chi connectivity index (χ2n) is 10.7. The number of nitrogens with one attached hydrogen (secondary N) is 2. The molecule has 3 aromatic rings. The van der Waals surface area contributed by atoms with Gasteiger partial charge in [-0.1, -0.05) is 55.5 Å². The van der Waals surface area contributed by atoms with Crippen LogP contribution >= 0.6 is 23.1 Å². The van der Waals surface area contributed by atoms with Crippen LogP contribution in [0.3, 0.4) is 0 Å². The number of allylic oxidation sites excluding steroid dienone is 2. The average molecular weight is 600 g/mol. The molecular formula is C33H33N3O4S2. The fourth-order valence-electron chi connectivity index (χ4n) is 5.74. The zero-order valence-corrected chi connectivity index (χ0v) is 25.0. The first-order chi connectivity index (χ1) is 20.4. The van der Waals surface area contributed by atoms with E-state index in [2.05, 4.69) is 41.0 Å². The van der Waals surface area contributed by atoms with Crippen molar-refractivity contribution in [2.24, 2.45) is 11.8 Å². The summed E-state index contributed by atoms with van der Waals surface area (Å²) in [6, 6.07) is 20.0. The van der Waals surface area contributed by atoms with Gasteiger partial charge in [-0.25, -0.2) is 0 Å². The fourth-order valence-corrected chi connectivity index (χ4v) is 8.03. The summed E-state index contributed by atoms with van der Waals surface area (Å²) >= 11 is 2.91. The topological polar surface area (TPSA) is 119 Å². The van der Waals surface area contributed by atoms with E-state index in [0.29, 0.717) is 41.4 Å². The zero-order valence-electron chi connectivity index (χ0n) is 23.3. The van der Waals surface area contributed by atoms with Gasteiger partial charge in [0, 0.05) is 15.5 Å². The standard InChI is InChI=1S/C33H33N3O4S2/c1-2-28(41-23-12-8-11-22(18-23)35-30(37)25-13-6-7-14-26(25)33(39)40)31(38)36-32-27(19-34)24-16-15-21(17-29(24)42-32)20-9-4-3-5-10-20/h3-12,18,21,25-26,28H,2,13-17H2,1H3,(H,35,37)(H,36,38)(H,39,40). The van der Waals surface area contributed by atoms with E-state index in [1.165, 1.54) is 33.5 Å². The second-order valence-corrected chi connectivity index (χ2v) is 13.1. The lowest BCUT2D eigenvalue weighted by molar-refractivity contribution is -0.146. The Labute approximate surface area is 254 Å². The molecule has 0 radical (unpaired) electrons. The van der Waals surface area contributed by atoms with Crippen LogP contribution in [-0.4, -0.2) is 28.1 Å². The highest BCUT2D eigenvalue weighted by Crippen LogP contribution is 2.42. The molecule has 1 heterocycles. The third-order valence-electron chi connectivity index (χ3n) is 8.01. The van der Waals surface area contributed by atoms with Gasteiger partial charge in [-0.15, -0.1) is 23.1 Å². The number of hydrogen-bond acceptors (Lipinski definition) is 6. The highest BCUT2D eigenvalue weighted by Gasteiger charge is 2.34. The van der Waals surface area contributed by atoms with Gasteiger partial charge >= 0.3 is 5.97 Å². The molecule has 9 heteroatoms. The third-order valence-corrected chi connectivity index (χ3v) is 10.5. The van der Waals surface area contributed by atoms with Gasteiger partial charge < -0.3 is 15.7 Å². The minimum Gasteiger partial charge on any atom is -0.481 e. The predicted molar refractivity (Wildman–Crippen MR) is 167 cm³/mol. The van der Waals surface area contributed by atoms with Gasteiger partial charge in [0.15, 0.2) is 0 Å². The number of aliphatic carboxylic acids is 1. The maximum Gasteiger partial charge on any atom is 0.307 e. The third kappa shape index (κ3) is 6.61. The van der Waals surface area contributed by atoms with Crippen molar-refractivity contribution in [1.29, 1.82) is 5.26 Å². The van der Waals surface area contributed by atoms with Crippen molar-refractivity contribution in [3.63, 3.8) is 0 Å². The molecule has 1 aromatic heterocycles. The molecule has 2 aliphatic rings. The summed E-state index contributed by atoms with van der Waals surface area (Å²) in [4.78, 5) is 39.9. The molecule has 2 amide bonds. The van der Waals surface area contributed by atoms with Crippen molar-refractivity contribution in [1.82, 2.24) is 0 Å². The number of carboxylic acid groups (broad SMARTS) is 1. The van der Waals surface area contributed by atoms with Gasteiger partial charge in [-0.05, 0) is 73.8 Å². The Kier molecular flexibility index (Phi) is 9.45. The lowest BCUT2D eigenvalue weighted by Gasteiger charge is -2.24. The summed E-state index contributed by atoms with van der Waals surface area (Å²) in [6.45, 7) is 1.95. The number of hydrogen-bond donors (Lipinski definition) is 3. The van der Waals surface area contributed by atoms with Crippen molar-refractivity contribution in [2.45, 2.75) is 61.5 Å². The molecule has 2 aliphatic carbocycles. The van der Waals surface area contributed by atoms with Gasteiger partial charge in [0.25, 0.3) is 0 Å². The van der Waals surface area contributed by atoms with Crippen LogP contribution in [0.1, 0.15) is 60.1 Å². The predicted octanol–water partition coefficient (Wildman–Crippen LogP) is 7.01. The summed E-state index contributed by atoms with van der Waals surface area (Å²) in [6.07, 6.45) is 7.62. The first-order valence-corrected chi connectivity index (χ1v) is 15.9. The van der Waals surface area contributed by atoms with Gasteiger partial charge in [-0.2, -0.15) is 5.26 Å². The Hall–Kier alpha value is -3.87. The Balaban J connectivity index is 1.25. The van der Waals surface area contributed by atoms with E-state index in [0.717, 1.165) is 29.7 Å². The number of amides is 2. The molecule has 0 spiro atoms. The molecular weight excluding hydrogens is 567 g/mol. The smallest absolute Gasteiger partial charge is 0.307 e. The molecule has 0 saturated carbocycles. The highest BCUT2D eigenvalue weighted by molar-refractivity contribution is 8.00. The van der Waals surface area contributed by atoms with E-state index in [1.807, 2.05) is 37.3 Å². The number of carboxylic acids is 1. The molecule has 0 aliphatic heterocycles. The number of thiophene rings is 1. The number of thioether (sulfide) groups is 1. The first-order valence-electron chi connectivity index (χ1n) is 14.2. The lowest BCUT2D eigenvalue weighted by Crippen LogP contribution is -2.34. The van der Waals surface area contributed by atoms with Crippen LogP contribution in [0.15, 0.2) is 71.6 Å². The number of nitriles is 1. The SMILES string of the molecule is CCC(Sc1cccc(NC(=O)C2CC=CCC2C(=O)O)c1)C(=O)Nc1sc2c(c1C#N)CCC(c1ccccc1)C2. The quantitative estimate of drug-likeness (QED) is 0.180. The van der Waals surface area contributed by atoms with Gasteiger partial charge in [0.05, 0.1) is 22.6 Å². The number of carbonyl (C=O) groups is 3. The molecule has 7 nitrogen and oxygen atoms in total. The Morgan fingerprint density at radius 1 is 1.07 bits per heavy atom. The first kappa shape index (κ1) is 29.6. The Morgan fingerprint density at radius 2 is 1.83 bits per heavy atom. The molecule has 5 rings (SSSR count). The van der Waals surface area contributed by atoms with Crippen LogP contribution in [0.4, 0.5) is 10.7 Å². The summed E-state index contributed by atoms with van der Waals surface area (Å²) in [5.41, 5.74) is 3.51. The van der Waals surface area contributed by atoms with Crippen molar-refractivity contribution in [2.75, 3.05) is 10.6 Å². The van der Waals surface area contributed by atoms with Crippen LogP contribution in [0.5, 0.6) is 0 Å². The second kappa shape index (κ2) is 13.4. The Bertz CT molecular complexity index is 1540. The summed E-state index contributed by atoms with van der Waals surface area (Å²) in [5.74, 6) is -2.42. The maximum absolute atomic E-state index is 13.4.